The quantitative estimate of drug-likeness (QED) is 0.522. The molecule has 0 aliphatic heterocycles. The van der Waals surface area contributed by atoms with Gasteiger partial charge in [0.15, 0.2) is 0 Å². The number of carbonyl (C=O) groups excluding carboxylic acids is 1. The van der Waals surface area contributed by atoms with E-state index >= 15 is 0 Å². The fraction of sp³-hybridized carbons (Fsp3) is 0.538. The van der Waals surface area contributed by atoms with Crippen LogP contribution < -0.4 is 5.32 Å². The van der Waals surface area contributed by atoms with Gasteiger partial charge in [0.05, 0.1) is 11.0 Å². The number of carbonyl (C=O) groups is 1. The normalized spacial score (nSPS) is 23.2. The first kappa shape index (κ1) is 15.7. The molecule has 0 aromatic carbocycles. The molecule has 1 heterocycles. The fourth-order valence-corrected chi connectivity index (χ4v) is 2.67. The number of halogens is 1. The zero-order valence-electron chi connectivity index (χ0n) is 11.9. The van der Waals surface area contributed by atoms with Gasteiger partial charge < -0.3 is 10.1 Å². The van der Waals surface area contributed by atoms with E-state index in [1.54, 1.807) is 7.11 Å². The smallest absolute Gasteiger partial charge is 0.300 e. The lowest BCUT2D eigenvalue weighted by molar-refractivity contribution is -0.385. The van der Waals surface area contributed by atoms with Crippen molar-refractivity contribution >= 4 is 23.2 Å². The number of hydrogen-bond acceptors (Lipinski definition) is 5. The summed E-state index contributed by atoms with van der Waals surface area (Å²) in [5.74, 6) is -0.529. The van der Waals surface area contributed by atoms with E-state index in [1.165, 1.54) is 6.07 Å². The highest BCUT2D eigenvalue weighted by Gasteiger charge is 2.49. The second-order valence-electron chi connectivity index (χ2n) is 5.59. The van der Waals surface area contributed by atoms with Crippen molar-refractivity contribution in [3.8, 4) is 0 Å². The molecule has 2 unspecified atom stereocenters. The molecular weight excluding hydrogens is 298 g/mol. The number of hydrogen-bond donors (Lipinski definition) is 1. The van der Waals surface area contributed by atoms with E-state index in [-0.39, 0.29) is 34.0 Å². The maximum Gasteiger partial charge on any atom is 0.300 e. The summed E-state index contributed by atoms with van der Waals surface area (Å²) in [6, 6.07) is 1.09. The fourth-order valence-electron chi connectivity index (χ4n) is 2.52. The molecule has 21 heavy (non-hydrogen) atoms. The zero-order valence-corrected chi connectivity index (χ0v) is 12.7. The lowest BCUT2D eigenvalue weighted by Gasteiger charge is -2.51. The van der Waals surface area contributed by atoms with Crippen LogP contribution >= 0.6 is 11.6 Å². The van der Waals surface area contributed by atoms with Crippen molar-refractivity contribution in [1.29, 1.82) is 0 Å². The summed E-state index contributed by atoms with van der Waals surface area (Å²) in [7, 11) is 1.62. The number of rotatable bonds is 4. The number of nitro groups is 1. The topological polar surface area (TPSA) is 94.4 Å². The molecule has 114 valence electrons. The van der Waals surface area contributed by atoms with Crippen LogP contribution in [0, 0.1) is 15.5 Å². The molecule has 1 fully saturated rings. The van der Waals surface area contributed by atoms with Crippen molar-refractivity contribution in [3.63, 3.8) is 0 Å². The summed E-state index contributed by atoms with van der Waals surface area (Å²) in [6.07, 6.45) is 1.71. The van der Waals surface area contributed by atoms with Gasteiger partial charge in [0.2, 0.25) is 0 Å². The molecule has 1 amide bonds. The van der Waals surface area contributed by atoms with Crippen LogP contribution in [0.2, 0.25) is 5.15 Å². The highest BCUT2D eigenvalue weighted by atomic mass is 35.5. The lowest BCUT2D eigenvalue weighted by atomic mass is 9.64. The maximum absolute atomic E-state index is 12.3. The van der Waals surface area contributed by atoms with Crippen LogP contribution in [0.5, 0.6) is 0 Å². The molecule has 2 atom stereocenters. The number of ether oxygens (including phenoxy) is 1. The molecule has 1 saturated carbocycles. The van der Waals surface area contributed by atoms with Crippen molar-refractivity contribution in [2.75, 3.05) is 7.11 Å². The minimum atomic E-state index is -0.651. The summed E-state index contributed by atoms with van der Waals surface area (Å²) in [5.41, 5.74) is -0.676. The summed E-state index contributed by atoms with van der Waals surface area (Å²) in [6.45, 7) is 3.95. The maximum atomic E-state index is 12.3. The second-order valence-corrected chi connectivity index (χ2v) is 5.98. The van der Waals surface area contributed by atoms with Gasteiger partial charge in [-0.25, -0.2) is 4.98 Å². The zero-order chi connectivity index (χ0) is 15.8. The first-order valence-corrected chi connectivity index (χ1v) is 6.78. The standard InChI is InChI=1S/C13H16ClN3O4/c1-13(2)9(5-10(13)21-3)16-12(18)7-4-11(14)15-6-8(7)17(19)20/h4,6,9-10H,5H2,1-3H3,(H,16,18). The Morgan fingerprint density at radius 2 is 2.29 bits per heavy atom. The molecule has 1 aromatic heterocycles. The average molecular weight is 314 g/mol. The third-order valence-corrected chi connectivity index (χ3v) is 4.27. The Bertz CT molecular complexity index is 591. The molecule has 0 saturated heterocycles. The van der Waals surface area contributed by atoms with Crippen molar-refractivity contribution in [2.45, 2.75) is 32.4 Å². The average Bonchev–Trinajstić information content (AvgIpc) is 2.42. The van der Waals surface area contributed by atoms with E-state index in [1.807, 2.05) is 13.8 Å². The summed E-state index contributed by atoms with van der Waals surface area (Å²) < 4.78 is 5.31. The third-order valence-electron chi connectivity index (χ3n) is 4.06. The predicted molar refractivity (Wildman–Crippen MR) is 76.4 cm³/mol. The molecule has 0 bridgehead atoms. The number of pyridine rings is 1. The monoisotopic (exact) mass is 313 g/mol. The number of methoxy groups -OCH3 is 1. The number of amides is 1. The number of aromatic nitrogens is 1. The molecule has 0 spiro atoms. The highest BCUT2D eigenvalue weighted by Crippen LogP contribution is 2.42. The Hall–Kier alpha value is -1.73. The van der Waals surface area contributed by atoms with Crippen molar-refractivity contribution in [3.05, 3.63) is 33.1 Å². The van der Waals surface area contributed by atoms with Crippen LogP contribution in [0.15, 0.2) is 12.3 Å². The Morgan fingerprint density at radius 3 is 2.81 bits per heavy atom. The van der Waals surface area contributed by atoms with Crippen LogP contribution in [-0.4, -0.2) is 35.1 Å². The van der Waals surface area contributed by atoms with E-state index in [9.17, 15) is 14.9 Å². The first-order valence-electron chi connectivity index (χ1n) is 6.41. The van der Waals surface area contributed by atoms with Crippen LogP contribution in [0.1, 0.15) is 30.6 Å². The van der Waals surface area contributed by atoms with Crippen molar-refractivity contribution in [2.24, 2.45) is 5.41 Å². The molecule has 1 N–H and O–H groups in total. The molecule has 1 aliphatic carbocycles. The van der Waals surface area contributed by atoms with Crippen LogP contribution in [-0.2, 0) is 4.74 Å². The number of nitrogens with zero attached hydrogens (tertiary/aromatic N) is 2. The van der Waals surface area contributed by atoms with E-state index < -0.39 is 10.8 Å². The van der Waals surface area contributed by atoms with Gasteiger partial charge in [0, 0.05) is 18.6 Å². The molecule has 1 aromatic rings. The molecule has 1 aliphatic rings. The van der Waals surface area contributed by atoms with Crippen molar-refractivity contribution in [1.82, 2.24) is 10.3 Å². The molecule has 2 rings (SSSR count). The van der Waals surface area contributed by atoms with E-state index in [4.69, 9.17) is 16.3 Å². The van der Waals surface area contributed by atoms with E-state index in [0.717, 1.165) is 6.20 Å². The molecular formula is C13H16ClN3O4. The van der Waals surface area contributed by atoms with Crippen molar-refractivity contribution < 1.29 is 14.5 Å². The Morgan fingerprint density at radius 1 is 1.62 bits per heavy atom. The first-order chi connectivity index (χ1) is 9.77. The summed E-state index contributed by atoms with van der Waals surface area (Å²) in [4.78, 5) is 26.2. The van der Waals surface area contributed by atoms with Crippen LogP contribution in [0.3, 0.4) is 0 Å². The van der Waals surface area contributed by atoms with Gasteiger partial charge >= 0.3 is 0 Å². The van der Waals surface area contributed by atoms with Gasteiger partial charge in [0.25, 0.3) is 11.6 Å². The van der Waals surface area contributed by atoms with Gasteiger partial charge in [-0.3, -0.25) is 14.9 Å². The molecule has 0 radical (unpaired) electrons. The highest BCUT2D eigenvalue weighted by molar-refractivity contribution is 6.29. The minimum Gasteiger partial charge on any atom is -0.381 e. The Kier molecular flexibility index (Phi) is 4.15. The summed E-state index contributed by atoms with van der Waals surface area (Å²) >= 11 is 5.72. The lowest BCUT2D eigenvalue weighted by Crippen LogP contribution is -2.61. The van der Waals surface area contributed by atoms with Crippen LogP contribution in [0.4, 0.5) is 5.69 Å². The molecule has 7 nitrogen and oxygen atoms in total. The van der Waals surface area contributed by atoms with Gasteiger partial charge in [-0.15, -0.1) is 0 Å². The van der Waals surface area contributed by atoms with Crippen LogP contribution in [0.25, 0.3) is 0 Å². The Labute approximate surface area is 126 Å². The largest absolute Gasteiger partial charge is 0.381 e. The third kappa shape index (κ3) is 2.84. The molecule has 8 heteroatoms. The number of nitrogens with one attached hydrogen (secondary N) is 1. The van der Waals surface area contributed by atoms with Gasteiger partial charge in [0.1, 0.15) is 16.9 Å². The SMILES string of the molecule is COC1CC(NC(=O)c2cc(Cl)ncc2[N+](=O)[O-])C1(C)C. The summed E-state index contributed by atoms with van der Waals surface area (Å²) in [5, 5.41) is 13.8. The van der Waals surface area contributed by atoms with Gasteiger partial charge in [-0.1, -0.05) is 25.4 Å². The van der Waals surface area contributed by atoms with E-state index in [2.05, 4.69) is 10.3 Å². The van der Waals surface area contributed by atoms with Gasteiger partial charge in [-0.2, -0.15) is 0 Å². The Balaban J connectivity index is 2.19. The predicted octanol–water partition coefficient (Wildman–Crippen LogP) is 2.19. The van der Waals surface area contributed by atoms with Gasteiger partial charge in [-0.05, 0) is 12.5 Å². The van der Waals surface area contributed by atoms with E-state index in [0.29, 0.717) is 6.42 Å². The minimum absolute atomic E-state index is 0.0355. The second kappa shape index (κ2) is 5.57.